The van der Waals surface area contributed by atoms with Crippen LogP contribution in [0, 0.1) is 0 Å². The first-order valence-electron chi connectivity index (χ1n) is 7.64. The molecule has 0 atom stereocenters. The molecule has 0 amide bonds. The van der Waals surface area contributed by atoms with E-state index >= 15 is 0 Å². The Balaban J connectivity index is 2.12. The first kappa shape index (κ1) is 15.7. The minimum atomic E-state index is -0.383. The maximum atomic E-state index is 12.3. The highest BCUT2D eigenvalue weighted by atomic mass is 32.1. The molecule has 1 aliphatic heterocycles. The number of benzene rings is 1. The molecule has 5 nitrogen and oxygen atoms in total. The third-order valence-corrected chi connectivity index (χ3v) is 4.80. The van der Waals surface area contributed by atoms with E-state index < -0.39 is 0 Å². The summed E-state index contributed by atoms with van der Waals surface area (Å²) < 4.78 is 16.4. The van der Waals surface area contributed by atoms with Gasteiger partial charge >= 0.3 is 5.97 Å². The Kier molecular flexibility index (Phi) is 4.43. The van der Waals surface area contributed by atoms with E-state index in [2.05, 4.69) is 0 Å². The van der Waals surface area contributed by atoms with E-state index in [1.54, 1.807) is 6.92 Å². The predicted octanol–water partition coefficient (Wildman–Crippen LogP) is 3.51. The van der Waals surface area contributed by atoms with Gasteiger partial charge in [0.15, 0.2) is 11.5 Å². The lowest BCUT2D eigenvalue weighted by molar-refractivity contribution is 0.0529. The topological polar surface area (TPSA) is 70.8 Å². The number of rotatable bonds is 4. The summed E-state index contributed by atoms with van der Waals surface area (Å²) in [5.74, 6) is 1.03. The molecule has 0 saturated carbocycles. The van der Waals surface area contributed by atoms with Gasteiger partial charge in [0.05, 0.1) is 6.61 Å². The predicted molar refractivity (Wildman–Crippen MR) is 90.5 cm³/mol. The van der Waals surface area contributed by atoms with Crippen molar-refractivity contribution in [1.29, 1.82) is 0 Å². The fourth-order valence-electron chi connectivity index (χ4n) is 2.66. The maximum Gasteiger partial charge on any atom is 0.341 e. The first-order valence-corrected chi connectivity index (χ1v) is 8.45. The average molecular weight is 333 g/mol. The van der Waals surface area contributed by atoms with Crippen LogP contribution in [-0.2, 0) is 11.2 Å². The van der Waals surface area contributed by atoms with Gasteiger partial charge in [-0.2, -0.15) is 0 Å². The van der Waals surface area contributed by atoms with Crippen LogP contribution in [0.1, 0.15) is 29.1 Å². The van der Waals surface area contributed by atoms with Crippen LogP contribution < -0.4 is 15.2 Å². The van der Waals surface area contributed by atoms with Crippen LogP contribution in [0.5, 0.6) is 11.5 Å². The summed E-state index contributed by atoms with van der Waals surface area (Å²) in [6, 6.07) is 5.70. The van der Waals surface area contributed by atoms with Crippen molar-refractivity contribution in [1.82, 2.24) is 0 Å². The van der Waals surface area contributed by atoms with Gasteiger partial charge in [-0.3, -0.25) is 0 Å². The van der Waals surface area contributed by atoms with Crippen LogP contribution in [0.15, 0.2) is 18.2 Å². The first-order chi connectivity index (χ1) is 11.2. The standard InChI is InChI=1S/C17H19NO4S/c1-3-13-14(15(16(18)23-13)17(19)20-4-2)10-5-6-11-12(9-10)22-8-7-21-11/h5-6,9H,3-4,7-8,18H2,1-2H3. The minimum Gasteiger partial charge on any atom is -0.486 e. The second kappa shape index (κ2) is 6.50. The number of esters is 1. The molecule has 1 aromatic carbocycles. The largest absolute Gasteiger partial charge is 0.486 e. The van der Waals surface area contributed by atoms with Gasteiger partial charge in [-0.05, 0) is 31.0 Å². The summed E-state index contributed by atoms with van der Waals surface area (Å²) in [6.07, 6.45) is 0.790. The van der Waals surface area contributed by atoms with Crippen LogP contribution >= 0.6 is 11.3 Å². The number of nitrogens with two attached hydrogens (primary N) is 1. The van der Waals surface area contributed by atoms with Crippen molar-refractivity contribution >= 4 is 22.3 Å². The van der Waals surface area contributed by atoms with Crippen molar-refractivity contribution in [2.24, 2.45) is 0 Å². The number of thiophene rings is 1. The van der Waals surface area contributed by atoms with Gasteiger partial charge in [-0.1, -0.05) is 13.0 Å². The van der Waals surface area contributed by atoms with Crippen LogP contribution in [-0.4, -0.2) is 25.8 Å². The van der Waals surface area contributed by atoms with E-state index in [-0.39, 0.29) is 5.97 Å². The number of fused-ring (bicyclic) bond motifs is 1. The Labute approximate surface area is 139 Å². The highest BCUT2D eigenvalue weighted by molar-refractivity contribution is 7.17. The maximum absolute atomic E-state index is 12.3. The normalized spacial score (nSPS) is 13.0. The van der Waals surface area contributed by atoms with Crippen molar-refractivity contribution in [2.75, 3.05) is 25.6 Å². The molecule has 0 unspecified atom stereocenters. The van der Waals surface area contributed by atoms with Gasteiger partial charge in [0.1, 0.15) is 23.8 Å². The number of hydrogen-bond acceptors (Lipinski definition) is 6. The Morgan fingerprint density at radius 2 is 2.00 bits per heavy atom. The van der Waals surface area contributed by atoms with Gasteiger partial charge in [-0.15, -0.1) is 11.3 Å². The summed E-state index contributed by atoms with van der Waals surface area (Å²) in [5.41, 5.74) is 8.26. The highest BCUT2D eigenvalue weighted by Crippen LogP contribution is 2.42. The van der Waals surface area contributed by atoms with Gasteiger partial charge < -0.3 is 19.9 Å². The van der Waals surface area contributed by atoms with Crippen LogP contribution in [0.4, 0.5) is 5.00 Å². The number of carbonyl (C=O) groups is 1. The summed E-state index contributed by atoms with van der Waals surface area (Å²) in [7, 11) is 0. The second-order valence-corrected chi connectivity index (χ2v) is 6.21. The molecule has 2 N–H and O–H groups in total. The number of hydrogen-bond donors (Lipinski definition) is 1. The quantitative estimate of drug-likeness (QED) is 0.867. The van der Waals surface area contributed by atoms with Gasteiger partial charge in [0, 0.05) is 10.4 Å². The molecule has 0 aliphatic carbocycles. The second-order valence-electron chi connectivity index (χ2n) is 5.07. The summed E-state index contributed by atoms with van der Waals surface area (Å²) in [6.45, 7) is 5.21. The van der Waals surface area contributed by atoms with Crippen molar-refractivity contribution in [3.05, 3.63) is 28.6 Å². The van der Waals surface area contributed by atoms with Gasteiger partial charge in [-0.25, -0.2) is 4.79 Å². The molecule has 0 saturated heterocycles. The SMILES string of the molecule is CCOC(=O)c1c(N)sc(CC)c1-c1ccc2c(c1)OCCO2. The Morgan fingerprint density at radius 3 is 2.70 bits per heavy atom. The number of aryl methyl sites for hydroxylation is 1. The van der Waals surface area contributed by atoms with E-state index in [1.807, 2.05) is 25.1 Å². The Hall–Kier alpha value is -2.21. The average Bonchev–Trinajstić information content (AvgIpc) is 2.91. The fraction of sp³-hybridized carbons (Fsp3) is 0.353. The molecule has 1 aromatic heterocycles. The third kappa shape index (κ3) is 2.86. The molecular weight excluding hydrogens is 314 g/mol. The molecule has 2 heterocycles. The molecule has 3 rings (SSSR count). The van der Waals surface area contributed by atoms with Gasteiger partial charge in [0.25, 0.3) is 0 Å². The van der Waals surface area contributed by atoms with E-state index in [1.165, 1.54) is 11.3 Å². The molecule has 23 heavy (non-hydrogen) atoms. The molecule has 1 aliphatic rings. The zero-order valence-corrected chi connectivity index (χ0v) is 14.0. The van der Waals surface area contributed by atoms with Crippen molar-refractivity contribution in [3.63, 3.8) is 0 Å². The Bertz CT molecular complexity index is 738. The third-order valence-electron chi connectivity index (χ3n) is 3.64. The number of nitrogen functional groups attached to an aromatic ring is 1. The van der Waals surface area contributed by atoms with E-state index in [0.717, 1.165) is 28.2 Å². The number of anilines is 1. The van der Waals surface area contributed by atoms with E-state index in [9.17, 15) is 4.79 Å². The fourth-order valence-corrected chi connectivity index (χ4v) is 3.68. The number of ether oxygens (including phenoxy) is 3. The molecule has 6 heteroatoms. The molecule has 0 bridgehead atoms. The summed E-state index contributed by atoms with van der Waals surface area (Å²) >= 11 is 1.43. The lowest BCUT2D eigenvalue weighted by Crippen LogP contribution is -2.15. The molecular formula is C17H19NO4S. The van der Waals surface area contributed by atoms with E-state index in [4.69, 9.17) is 19.9 Å². The zero-order chi connectivity index (χ0) is 16.4. The molecule has 2 aromatic rings. The molecule has 0 spiro atoms. The Morgan fingerprint density at radius 1 is 1.26 bits per heavy atom. The molecule has 122 valence electrons. The monoisotopic (exact) mass is 333 g/mol. The smallest absolute Gasteiger partial charge is 0.341 e. The summed E-state index contributed by atoms with van der Waals surface area (Å²) in [5, 5.41) is 0.491. The van der Waals surface area contributed by atoms with Gasteiger partial charge in [0.2, 0.25) is 0 Å². The van der Waals surface area contributed by atoms with Crippen LogP contribution in [0.25, 0.3) is 11.1 Å². The number of carbonyl (C=O) groups excluding carboxylic acids is 1. The van der Waals surface area contributed by atoms with Crippen LogP contribution in [0.3, 0.4) is 0 Å². The summed E-state index contributed by atoms with van der Waals surface area (Å²) in [4.78, 5) is 13.4. The van der Waals surface area contributed by atoms with Crippen LogP contribution in [0.2, 0.25) is 0 Å². The van der Waals surface area contributed by atoms with Crippen molar-refractivity contribution < 1.29 is 19.0 Å². The lowest BCUT2D eigenvalue weighted by Gasteiger charge is -2.19. The highest BCUT2D eigenvalue weighted by Gasteiger charge is 2.25. The lowest BCUT2D eigenvalue weighted by atomic mass is 9.99. The van der Waals surface area contributed by atoms with E-state index in [0.29, 0.717) is 36.1 Å². The van der Waals surface area contributed by atoms with Crippen molar-refractivity contribution in [3.8, 4) is 22.6 Å². The molecule has 0 radical (unpaired) electrons. The molecule has 0 fully saturated rings. The zero-order valence-electron chi connectivity index (χ0n) is 13.2. The van der Waals surface area contributed by atoms with Crippen molar-refractivity contribution in [2.45, 2.75) is 20.3 Å². The minimum absolute atomic E-state index is 0.316.